The van der Waals surface area contributed by atoms with Gasteiger partial charge in [0.2, 0.25) is 0 Å². The van der Waals surface area contributed by atoms with Crippen LogP contribution in [0.5, 0.6) is 5.75 Å². The van der Waals surface area contributed by atoms with Crippen molar-refractivity contribution in [3.8, 4) is 16.9 Å². The number of benzene rings is 1. The highest BCUT2D eigenvalue weighted by Gasteiger charge is 2.31. The van der Waals surface area contributed by atoms with E-state index in [1.165, 1.54) is 12.3 Å². The van der Waals surface area contributed by atoms with Gasteiger partial charge in [0.05, 0.1) is 11.8 Å². The third kappa shape index (κ3) is 5.10. The molecule has 0 aliphatic heterocycles. The second-order valence-corrected chi connectivity index (χ2v) is 12.5. The van der Waals surface area contributed by atoms with Crippen molar-refractivity contribution >= 4 is 8.07 Å². The van der Waals surface area contributed by atoms with E-state index in [1.54, 1.807) is 10.9 Å². The number of alkyl halides is 3. The number of hydrogen-bond donors (Lipinski definition) is 1. The first kappa shape index (κ1) is 18.5. The first-order valence-corrected chi connectivity index (χ1v) is 11.3. The molecule has 0 unspecified atom stereocenters. The Morgan fingerprint density at radius 2 is 1.96 bits per heavy atom. The standard InChI is InChI=1S/C16H21F3N2O2Si/c1-24(2,3)7-6-23-11-21-10-12(9-20-21)14-5-4-13(8-15(14)22)16(17,18)19/h4-5,8-10,22H,6-7,11H2,1-3H3. The summed E-state index contributed by atoms with van der Waals surface area (Å²) in [5, 5.41) is 14.0. The van der Waals surface area contributed by atoms with Crippen LogP contribution in [0.1, 0.15) is 5.56 Å². The Labute approximate surface area is 139 Å². The molecule has 0 bridgehead atoms. The number of phenolic OH excluding ortho intramolecular Hbond substituents is 1. The number of aromatic nitrogens is 2. The molecule has 0 radical (unpaired) electrons. The maximum Gasteiger partial charge on any atom is 0.416 e. The van der Waals surface area contributed by atoms with Crippen LogP contribution in [-0.4, -0.2) is 29.6 Å². The summed E-state index contributed by atoms with van der Waals surface area (Å²) in [6.45, 7) is 7.70. The Hall–Kier alpha value is -1.80. The molecule has 0 atom stereocenters. The molecule has 0 aliphatic rings. The van der Waals surface area contributed by atoms with E-state index in [0.717, 1.165) is 18.2 Å². The van der Waals surface area contributed by atoms with Crippen molar-refractivity contribution in [1.29, 1.82) is 0 Å². The number of hydrogen-bond acceptors (Lipinski definition) is 3. The minimum Gasteiger partial charge on any atom is -0.507 e. The summed E-state index contributed by atoms with van der Waals surface area (Å²) in [5.41, 5.74) is -0.0443. The zero-order valence-electron chi connectivity index (χ0n) is 13.9. The molecule has 2 rings (SSSR count). The lowest BCUT2D eigenvalue weighted by Gasteiger charge is -2.15. The SMILES string of the molecule is C[Si](C)(C)CCOCn1cc(-c2ccc(C(F)(F)F)cc2O)cn1. The van der Waals surface area contributed by atoms with E-state index >= 15 is 0 Å². The minimum absolute atomic E-state index is 0.270. The number of aromatic hydroxyl groups is 1. The summed E-state index contributed by atoms with van der Waals surface area (Å²) in [6, 6.07) is 3.94. The molecule has 1 N–H and O–H groups in total. The molecule has 8 heteroatoms. The highest BCUT2D eigenvalue weighted by molar-refractivity contribution is 6.76. The van der Waals surface area contributed by atoms with E-state index in [1.807, 2.05) is 0 Å². The number of halogens is 3. The highest BCUT2D eigenvalue weighted by Crippen LogP contribution is 2.36. The lowest BCUT2D eigenvalue weighted by molar-refractivity contribution is -0.137. The van der Waals surface area contributed by atoms with Crippen LogP contribution in [0.25, 0.3) is 11.1 Å². The van der Waals surface area contributed by atoms with E-state index in [2.05, 4.69) is 24.7 Å². The van der Waals surface area contributed by atoms with Crippen LogP contribution < -0.4 is 0 Å². The lowest BCUT2D eigenvalue weighted by atomic mass is 10.1. The fourth-order valence-corrected chi connectivity index (χ4v) is 2.82. The fraction of sp³-hybridized carbons (Fsp3) is 0.438. The smallest absolute Gasteiger partial charge is 0.416 e. The summed E-state index contributed by atoms with van der Waals surface area (Å²) in [5.74, 6) is -0.427. The van der Waals surface area contributed by atoms with Crippen LogP contribution in [0, 0.1) is 0 Å². The highest BCUT2D eigenvalue weighted by atomic mass is 28.3. The second kappa shape index (κ2) is 6.98. The van der Waals surface area contributed by atoms with Gasteiger partial charge in [-0.2, -0.15) is 18.3 Å². The van der Waals surface area contributed by atoms with Crippen molar-refractivity contribution in [2.24, 2.45) is 0 Å². The average Bonchev–Trinajstić information content (AvgIpc) is 2.90. The molecule has 1 heterocycles. The Bertz CT molecular complexity index is 693. The molecular formula is C16H21F3N2O2Si. The maximum atomic E-state index is 12.6. The molecule has 24 heavy (non-hydrogen) atoms. The predicted molar refractivity (Wildman–Crippen MR) is 88.4 cm³/mol. The molecule has 132 valence electrons. The number of ether oxygens (including phenoxy) is 1. The Morgan fingerprint density at radius 3 is 2.54 bits per heavy atom. The third-order valence-corrected chi connectivity index (χ3v) is 5.19. The van der Waals surface area contributed by atoms with Gasteiger partial charge in [-0.15, -0.1) is 0 Å². The van der Waals surface area contributed by atoms with Gasteiger partial charge in [0.25, 0.3) is 0 Å². The maximum absolute atomic E-state index is 12.6. The van der Waals surface area contributed by atoms with Crippen molar-refractivity contribution in [3.05, 3.63) is 36.2 Å². The molecule has 0 spiro atoms. The van der Waals surface area contributed by atoms with E-state index in [0.29, 0.717) is 17.7 Å². The van der Waals surface area contributed by atoms with Crippen LogP contribution in [0.15, 0.2) is 30.6 Å². The Balaban J connectivity index is 2.03. The van der Waals surface area contributed by atoms with E-state index < -0.39 is 25.6 Å². The van der Waals surface area contributed by atoms with Gasteiger partial charge in [-0.3, -0.25) is 0 Å². The summed E-state index contributed by atoms with van der Waals surface area (Å²) in [4.78, 5) is 0. The lowest BCUT2D eigenvalue weighted by Crippen LogP contribution is -2.22. The van der Waals surface area contributed by atoms with E-state index in [-0.39, 0.29) is 6.73 Å². The van der Waals surface area contributed by atoms with Gasteiger partial charge >= 0.3 is 6.18 Å². The first-order chi connectivity index (χ1) is 11.1. The van der Waals surface area contributed by atoms with Crippen LogP contribution >= 0.6 is 0 Å². The van der Waals surface area contributed by atoms with Crippen LogP contribution in [0.4, 0.5) is 13.2 Å². The monoisotopic (exact) mass is 358 g/mol. The Kier molecular flexibility index (Phi) is 5.39. The molecule has 0 amide bonds. The summed E-state index contributed by atoms with van der Waals surface area (Å²) >= 11 is 0. The first-order valence-electron chi connectivity index (χ1n) is 7.57. The summed E-state index contributed by atoms with van der Waals surface area (Å²) < 4.78 is 45.0. The van der Waals surface area contributed by atoms with E-state index in [9.17, 15) is 18.3 Å². The molecule has 0 fully saturated rings. The molecular weight excluding hydrogens is 337 g/mol. The average molecular weight is 358 g/mol. The summed E-state index contributed by atoms with van der Waals surface area (Å²) in [6.07, 6.45) is -1.36. The normalized spacial score (nSPS) is 12.6. The van der Waals surface area contributed by atoms with Crippen LogP contribution in [0.2, 0.25) is 25.7 Å². The van der Waals surface area contributed by atoms with Crippen molar-refractivity contribution in [2.45, 2.75) is 38.6 Å². The largest absolute Gasteiger partial charge is 0.507 e. The van der Waals surface area contributed by atoms with Crippen molar-refractivity contribution in [1.82, 2.24) is 9.78 Å². The van der Waals surface area contributed by atoms with Crippen molar-refractivity contribution < 1.29 is 23.0 Å². The molecule has 2 aromatic rings. The predicted octanol–water partition coefficient (Wildman–Crippen LogP) is 4.59. The molecule has 4 nitrogen and oxygen atoms in total. The Morgan fingerprint density at radius 1 is 1.25 bits per heavy atom. The zero-order valence-corrected chi connectivity index (χ0v) is 14.9. The third-order valence-electron chi connectivity index (χ3n) is 3.49. The minimum atomic E-state index is -4.48. The number of rotatable bonds is 6. The molecule has 1 aromatic carbocycles. The van der Waals surface area contributed by atoms with Crippen molar-refractivity contribution in [2.75, 3.05) is 6.61 Å². The number of phenols is 1. The van der Waals surface area contributed by atoms with Crippen LogP contribution in [-0.2, 0) is 17.6 Å². The van der Waals surface area contributed by atoms with Gasteiger partial charge in [-0.25, -0.2) is 4.68 Å². The molecule has 0 aliphatic carbocycles. The van der Waals surface area contributed by atoms with Crippen molar-refractivity contribution in [3.63, 3.8) is 0 Å². The quantitative estimate of drug-likeness (QED) is 0.607. The van der Waals surface area contributed by atoms with Gasteiger partial charge in [0.15, 0.2) is 0 Å². The molecule has 0 saturated heterocycles. The molecule has 0 saturated carbocycles. The second-order valence-electron chi connectivity index (χ2n) is 6.85. The zero-order chi connectivity index (χ0) is 18.0. The molecule has 1 aromatic heterocycles. The van der Waals surface area contributed by atoms with Gasteiger partial charge < -0.3 is 9.84 Å². The summed E-state index contributed by atoms with van der Waals surface area (Å²) in [7, 11) is -1.15. The topological polar surface area (TPSA) is 47.3 Å². The van der Waals surface area contributed by atoms with Gasteiger partial charge in [0.1, 0.15) is 12.5 Å². The van der Waals surface area contributed by atoms with Gasteiger partial charge in [-0.05, 0) is 24.2 Å². The van der Waals surface area contributed by atoms with Crippen LogP contribution in [0.3, 0.4) is 0 Å². The van der Waals surface area contributed by atoms with E-state index in [4.69, 9.17) is 4.74 Å². The number of nitrogens with zero attached hydrogens (tertiary/aromatic N) is 2. The van der Waals surface area contributed by atoms with Gasteiger partial charge in [-0.1, -0.05) is 19.6 Å². The van der Waals surface area contributed by atoms with Gasteiger partial charge in [0, 0.05) is 32.0 Å². The fourth-order valence-electron chi connectivity index (χ4n) is 2.06.